The Hall–Kier alpha value is -0.920. The van der Waals surface area contributed by atoms with Gasteiger partial charge in [0.05, 0.1) is 19.1 Å². The molecule has 0 aromatic rings. The monoisotopic (exact) mass is 212 g/mol. The first-order valence-corrected chi connectivity index (χ1v) is 5.97. The second-order valence-electron chi connectivity index (χ2n) is 3.62. The van der Waals surface area contributed by atoms with Crippen LogP contribution in [-0.4, -0.2) is 11.7 Å². The second-order valence-corrected chi connectivity index (χ2v) is 3.62. The van der Waals surface area contributed by atoms with E-state index in [1.54, 1.807) is 6.08 Å². The summed E-state index contributed by atoms with van der Waals surface area (Å²) in [6.07, 6.45) is 14.8. The van der Waals surface area contributed by atoms with Gasteiger partial charge < -0.3 is 9.84 Å². The van der Waals surface area contributed by atoms with Crippen LogP contribution in [0.1, 0.15) is 51.9 Å². The van der Waals surface area contributed by atoms with Gasteiger partial charge in [-0.1, -0.05) is 19.4 Å². The van der Waals surface area contributed by atoms with Crippen LogP contribution in [0.15, 0.2) is 24.7 Å². The Bertz CT molecular complexity index is 162. The van der Waals surface area contributed by atoms with Crippen molar-refractivity contribution in [3.8, 4) is 0 Å². The maximum atomic E-state index is 8.40. The highest BCUT2D eigenvalue weighted by Crippen LogP contribution is 2.01. The van der Waals surface area contributed by atoms with Crippen LogP contribution in [0.25, 0.3) is 0 Å². The predicted molar refractivity (Wildman–Crippen MR) is 64.9 cm³/mol. The first-order chi connectivity index (χ1) is 7.41. The third-order valence-electron chi connectivity index (χ3n) is 2.16. The molecule has 0 aromatic carbocycles. The SMILES string of the molecule is CCCCC=COCCCCCC=CO. The van der Waals surface area contributed by atoms with Crippen LogP contribution in [-0.2, 0) is 4.74 Å². The average molecular weight is 212 g/mol. The summed E-state index contributed by atoms with van der Waals surface area (Å²) in [4.78, 5) is 0. The fraction of sp³-hybridized carbons (Fsp3) is 0.692. The van der Waals surface area contributed by atoms with Crippen LogP contribution < -0.4 is 0 Å². The number of ether oxygens (including phenoxy) is 1. The zero-order valence-corrected chi connectivity index (χ0v) is 9.82. The molecule has 0 aromatic heterocycles. The predicted octanol–water partition coefficient (Wildman–Crippen LogP) is 4.34. The van der Waals surface area contributed by atoms with Gasteiger partial charge in [0, 0.05) is 0 Å². The molecule has 0 radical (unpaired) electrons. The van der Waals surface area contributed by atoms with Gasteiger partial charge in [-0.2, -0.15) is 0 Å². The van der Waals surface area contributed by atoms with Gasteiger partial charge in [0.1, 0.15) is 0 Å². The van der Waals surface area contributed by atoms with Gasteiger partial charge in [0.2, 0.25) is 0 Å². The van der Waals surface area contributed by atoms with Crippen molar-refractivity contribution in [3.05, 3.63) is 24.7 Å². The summed E-state index contributed by atoms with van der Waals surface area (Å²) < 4.78 is 5.34. The molecule has 88 valence electrons. The van der Waals surface area contributed by atoms with Gasteiger partial charge in [0.15, 0.2) is 0 Å². The van der Waals surface area contributed by atoms with Crippen molar-refractivity contribution in [2.24, 2.45) is 0 Å². The standard InChI is InChI=1S/C13H24O2/c1-2-3-4-9-12-15-13-10-7-5-6-8-11-14/h8-9,11-12,14H,2-7,10,13H2,1H3. The molecule has 2 nitrogen and oxygen atoms in total. The maximum Gasteiger partial charge on any atom is 0.0873 e. The normalized spacial score (nSPS) is 11.5. The topological polar surface area (TPSA) is 29.5 Å². The highest BCUT2D eigenvalue weighted by atomic mass is 16.5. The molecule has 0 saturated heterocycles. The van der Waals surface area contributed by atoms with Gasteiger partial charge in [-0.3, -0.25) is 0 Å². The highest BCUT2D eigenvalue weighted by Gasteiger charge is 1.87. The third-order valence-corrected chi connectivity index (χ3v) is 2.16. The van der Waals surface area contributed by atoms with Crippen LogP contribution in [0.2, 0.25) is 0 Å². The summed E-state index contributed by atoms with van der Waals surface area (Å²) in [5.74, 6) is 0. The summed E-state index contributed by atoms with van der Waals surface area (Å²) in [6.45, 7) is 3.00. The molecule has 0 aliphatic carbocycles. The summed E-state index contributed by atoms with van der Waals surface area (Å²) in [6, 6.07) is 0. The van der Waals surface area contributed by atoms with Crippen molar-refractivity contribution in [2.75, 3.05) is 6.61 Å². The lowest BCUT2D eigenvalue weighted by Gasteiger charge is -1.99. The molecule has 0 saturated carbocycles. The van der Waals surface area contributed by atoms with Crippen molar-refractivity contribution < 1.29 is 9.84 Å². The lowest BCUT2D eigenvalue weighted by molar-refractivity contribution is 0.240. The van der Waals surface area contributed by atoms with E-state index >= 15 is 0 Å². The van der Waals surface area contributed by atoms with Gasteiger partial charge in [0.25, 0.3) is 0 Å². The molecule has 0 spiro atoms. The van der Waals surface area contributed by atoms with Crippen LogP contribution >= 0.6 is 0 Å². The molecule has 0 heterocycles. The Morgan fingerprint density at radius 2 is 1.80 bits per heavy atom. The number of rotatable bonds is 10. The summed E-state index contributed by atoms with van der Waals surface area (Å²) in [5.41, 5.74) is 0. The van der Waals surface area contributed by atoms with E-state index in [1.165, 1.54) is 12.8 Å². The number of hydrogen-bond acceptors (Lipinski definition) is 2. The Balaban J connectivity index is 3.01. The van der Waals surface area contributed by atoms with Crippen LogP contribution in [0, 0.1) is 0 Å². The number of hydrogen-bond donors (Lipinski definition) is 1. The summed E-state index contributed by atoms with van der Waals surface area (Å²) >= 11 is 0. The quantitative estimate of drug-likeness (QED) is 0.431. The minimum atomic E-state index is 0.811. The van der Waals surface area contributed by atoms with E-state index in [1.807, 2.05) is 6.26 Å². The Morgan fingerprint density at radius 1 is 1.00 bits per heavy atom. The van der Waals surface area contributed by atoms with Crippen molar-refractivity contribution in [3.63, 3.8) is 0 Å². The minimum Gasteiger partial charge on any atom is -0.516 e. The molecule has 1 N–H and O–H groups in total. The molecule has 0 unspecified atom stereocenters. The van der Waals surface area contributed by atoms with E-state index in [4.69, 9.17) is 9.84 Å². The molecular weight excluding hydrogens is 188 g/mol. The first kappa shape index (κ1) is 14.1. The van der Waals surface area contributed by atoms with E-state index in [0.29, 0.717) is 0 Å². The average Bonchev–Trinajstić information content (AvgIpc) is 2.26. The molecule has 0 amide bonds. The van der Waals surface area contributed by atoms with E-state index in [2.05, 4.69) is 13.0 Å². The van der Waals surface area contributed by atoms with E-state index in [9.17, 15) is 0 Å². The lowest BCUT2D eigenvalue weighted by Crippen LogP contribution is -1.87. The molecule has 0 fully saturated rings. The Kier molecular flexibility index (Phi) is 12.3. The zero-order chi connectivity index (χ0) is 11.2. The molecule has 0 aliphatic rings. The van der Waals surface area contributed by atoms with Gasteiger partial charge >= 0.3 is 0 Å². The van der Waals surface area contributed by atoms with Crippen molar-refractivity contribution in [2.45, 2.75) is 51.9 Å². The third kappa shape index (κ3) is 13.1. The molecule has 0 atom stereocenters. The largest absolute Gasteiger partial charge is 0.516 e. The molecule has 0 rings (SSSR count). The Labute approximate surface area is 93.6 Å². The fourth-order valence-corrected chi connectivity index (χ4v) is 1.22. The smallest absolute Gasteiger partial charge is 0.0873 e. The molecule has 15 heavy (non-hydrogen) atoms. The fourth-order valence-electron chi connectivity index (χ4n) is 1.22. The van der Waals surface area contributed by atoms with Gasteiger partial charge in [-0.15, -0.1) is 0 Å². The first-order valence-electron chi connectivity index (χ1n) is 5.97. The van der Waals surface area contributed by atoms with Crippen LogP contribution in [0.5, 0.6) is 0 Å². The number of allylic oxidation sites excluding steroid dienone is 2. The van der Waals surface area contributed by atoms with Crippen LogP contribution in [0.3, 0.4) is 0 Å². The van der Waals surface area contributed by atoms with Crippen LogP contribution in [0.4, 0.5) is 0 Å². The Morgan fingerprint density at radius 3 is 2.53 bits per heavy atom. The minimum absolute atomic E-state index is 0.811. The number of aliphatic hydroxyl groups is 1. The number of unbranched alkanes of at least 4 members (excludes halogenated alkanes) is 5. The zero-order valence-electron chi connectivity index (χ0n) is 9.82. The van der Waals surface area contributed by atoms with Crippen molar-refractivity contribution in [1.29, 1.82) is 0 Å². The van der Waals surface area contributed by atoms with Crippen molar-refractivity contribution in [1.82, 2.24) is 0 Å². The maximum absolute atomic E-state index is 8.40. The lowest BCUT2D eigenvalue weighted by atomic mass is 10.2. The second kappa shape index (κ2) is 13.1. The summed E-state index contributed by atoms with van der Waals surface area (Å²) in [5, 5.41) is 8.40. The molecule has 0 aliphatic heterocycles. The van der Waals surface area contributed by atoms with E-state index in [-0.39, 0.29) is 0 Å². The number of aliphatic hydroxyl groups excluding tert-OH is 1. The van der Waals surface area contributed by atoms with E-state index in [0.717, 1.165) is 45.0 Å². The van der Waals surface area contributed by atoms with Gasteiger partial charge in [-0.25, -0.2) is 0 Å². The van der Waals surface area contributed by atoms with Gasteiger partial charge in [-0.05, 0) is 44.6 Å². The molecule has 2 heteroatoms. The summed E-state index contributed by atoms with van der Waals surface area (Å²) in [7, 11) is 0. The van der Waals surface area contributed by atoms with E-state index < -0.39 is 0 Å². The molecule has 0 bridgehead atoms. The highest BCUT2D eigenvalue weighted by molar-refractivity contribution is 4.73. The van der Waals surface area contributed by atoms with Crippen molar-refractivity contribution >= 4 is 0 Å². The molecular formula is C13H24O2.